The molecule has 2 aromatic carbocycles. The summed E-state index contributed by atoms with van der Waals surface area (Å²) in [5.41, 5.74) is 0. The zero-order chi connectivity index (χ0) is 19.2. The number of aliphatic hydroxyl groups is 2. The molecule has 26 heavy (non-hydrogen) atoms. The second-order valence-electron chi connectivity index (χ2n) is 8.04. The zero-order valence-electron chi connectivity index (χ0n) is 16.4. The molecule has 4 heteroatoms. The quantitative estimate of drug-likeness (QED) is 0.700. The van der Waals surface area contributed by atoms with Gasteiger partial charge in [-0.3, -0.25) is 0 Å². The van der Waals surface area contributed by atoms with Crippen LogP contribution in [0.5, 0.6) is 0 Å². The van der Waals surface area contributed by atoms with Crippen molar-refractivity contribution in [3.8, 4) is 0 Å². The third kappa shape index (κ3) is 4.83. The van der Waals surface area contributed by atoms with Crippen molar-refractivity contribution in [1.29, 1.82) is 0 Å². The molecule has 0 heterocycles. The first kappa shape index (κ1) is 20.8. The largest absolute Gasteiger partial charge is 0.407 e. The molecule has 0 amide bonds. The van der Waals surface area contributed by atoms with Gasteiger partial charge in [0.15, 0.2) is 0 Å². The minimum absolute atomic E-state index is 0.0646. The molecule has 0 radical (unpaired) electrons. The second kappa shape index (κ2) is 8.96. The van der Waals surface area contributed by atoms with Gasteiger partial charge in [-0.2, -0.15) is 0 Å². The molecule has 2 N–H and O–H groups in total. The Morgan fingerprint density at radius 2 is 1.35 bits per heavy atom. The van der Waals surface area contributed by atoms with E-state index in [9.17, 15) is 10.2 Å². The van der Waals surface area contributed by atoms with Gasteiger partial charge in [0, 0.05) is 6.61 Å². The first-order valence-corrected chi connectivity index (χ1v) is 11.3. The first-order chi connectivity index (χ1) is 12.3. The van der Waals surface area contributed by atoms with Crippen molar-refractivity contribution >= 4 is 18.7 Å². The summed E-state index contributed by atoms with van der Waals surface area (Å²) in [6, 6.07) is 21.0. The molecule has 0 aliphatic carbocycles. The SMILES string of the molecule is C[C@H](O)C[C@H](O)CCO[Si](c1ccccc1)(c1ccccc1)C(C)(C)C. The fourth-order valence-electron chi connectivity index (χ4n) is 3.62. The Kier molecular flexibility index (Phi) is 7.18. The molecule has 2 aromatic rings. The summed E-state index contributed by atoms with van der Waals surface area (Å²) in [4.78, 5) is 0. The van der Waals surface area contributed by atoms with E-state index in [1.807, 2.05) is 12.1 Å². The summed E-state index contributed by atoms with van der Waals surface area (Å²) < 4.78 is 6.72. The fraction of sp³-hybridized carbons (Fsp3) is 0.455. The van der Waals surface area contributed by atoms with Gasteiger partial charge >= 0.3 is 0 Å². The average molecular weight is 373 g/mol. The molecule has 0 fully saturated rings. The standard InChI is InChI=1S/C22H32O3Si/c1-18(23)17-19(24)15-16-25-26(22(2,3)4,20-11-7-5-8-12-20)21-13-9-6-10-14-21/h5-14,18-19,23-24H,15-17H2,1-4H3/t18-,19+/m0/s1. The van der Waals surface area contributed by atoms with Gasteiger partial charge in [-0.25, -0.2) is 0 Å². The number of benzene rings is 2. The molecule has 0 aromatic heterocycles. The number of hydrogen-bond acceptors (Lipinski definition) is 3. The van der Waals surface area contributed by atoms with Crippen molar-refractivity contribution in [3.63, 3.8) is 0 Å². The maximum Gasteiger partial charge on any atom is 0.261 e. The van der Waals surface area contributed by atoms with Gasteiger partial charge in [0.1, 0.15) is 0 Å². The minimum Gasteiger partial charge on any atom is -0.407 e. The van der Waals surface area contributed by atoms with Crippen LogP contribution < -0.4 is 10.4 Å². The maximum absolute atomic E-state index is 10.1. The van der Waals surface area contributed by atoms with E-state index in [1.165, 1.54) is 10.4 Å². The predicted molar refractivity (Wildman–Crippen MR) is 110 cm³/mol. The van der Waals surface area contributed by atoms with E-state index in [4.69, 9.17) is 4.43 Å². The minimum atomic E-state index is -2.53. The summed E-state index contributed by atoms with van der Waals surface area (Å²) in [6.45, 7) is 8.90. The molecule has 0 spiro atoms. The molecule has 2 rings (SSSR count). The van der Waals surface area contributed by atoms with Crippen LogP contribution in [0.4, 0.5) is 0 Å². The lowest BCUT2D eigenvalue weighted by molar-refractivity contribution is 0.0738. The van der Waals surface area contributed by atoms with Crippen LogP contribution in [-0.4, -0.2) is 37.3 Å². The van der Waals surface area contributed by atoms with E-state index in [1.54, 1.807) is 6.92 Å². The van der Waals surface area contributed by atoms with Crippen molar-refractivity contribution in [2.45, 2.75) is 57.8 Å². The van der Waals surface area contributed by atoms with E-state index in [-0.39, 0.29) is 5.04 Å². The zero-order valence-corrected chi connectivity index (χ0v) is 17.4. The van der Waals surface area contributed by atoms with Gasteiger partial charge in [-0.1, -0.05) is 81.4 Å². The van der Waals surface area contributed by atoms with Gasteiger partial charge in [0.25, 0.3) is 8.32 Å². The van der Waals surface area contributed by atoms with Crippen LogP contribution in [0, 0.1) is 0 Å². The van der Waals surface area contributed by atoms with Crippen LogP contribution in [0.1, 0.15) is 40.5 Å². The van der Waals surface area contributed by atoms with Crippen LogP contribution in [0.3, 0.4) is 0 Å². The third-order valence-corrected chi connectivity index (χ3v) is 9.84. The van der Waals surface area contributed by atoms with Crippen LogP contribution >= 0.6 is 0 Å². The summed E-state index contributed by atoms with van der Waals surface area (Å²) >= 11 is 0. The van der Waals surface area contributed by atoms with E-state index < -0.39 is 20.5 Å². The number of hydrogen-bond donors (Lipinski definition) is 2. The molecule has 0 aliphatic heterocycles. The Hall–Kier alpha value is -1.46. The molecule has 2 atom stereocenters. The van der Waals surface area contributed by atoms with Gasteiger partial charge < -0.3 is 14.6 Å². The Morgan fingerprint density at radius 3 is 1.73 bits per heavy atom. The second-order valence-corrected chi connectivity index (χ2v) is 12.3. The first-order valence-electron chi connectivity index (χ1n) is 9.38. The Labute approximate surface area is 158 Å². The van der Waals surface area contributed by atoms with Crippen molar-refractivity contribution in [2.75, 3.05) is 6.61 Å². The van der Waals surface area contributed by atoms with Gasteiger partial charge in [0.05, 0.1) is 12.2 Å². The molecule has 142 valence electrons. The molecule has 0 saturated heterocycles. The van der Waals surface area contributed by atoms with E-state index in [0.29, 0.717) is 19.4 Å². The molecule has 3 nitrogen and oxygen atoms in total. The third-order valence-electron chi connectivity index (χ3n) is 4.80. The summed E-state index contributed by atoms with van der Waals surface area (Å²) in [7, 11) is -2.53. The smallest absolute Gasteiger partial charge is 0.261 e. The van der Waals surface area contributed by atoms with Gasteiger partial charge in [-0.15, -0.1) is 0 Å². The highest BCUT2D eigenvalue weighted by atomic mass is 28.4. The van der Waals surface area contributed by atoms with Crippen molar-refractivity contribution in [2.24, 2.45) is 0 Å². The molecule has 0 unspecified atom stereocenters. The highest BCUT2D eigenvalue weighted by Gasteiger charge is 2.50. The van der Waals surface area contributed by atoms with Crippen LogP contribution in [0.25, 0.3) is 0 Å². The topological polar surface area (TPSA) is 49.7 Å². The molecule has 0 saturated carbocycles. The predicted octanol–water partition coefficient (Wildman–Crippen LogP) is 3.08. The lowest BCUT2D eigenvalue weighted by Gasteiger charge is -2.43. The summed E-state index contributed by atoms with van der Waals surface area (Å²) in [5, 5.41) is 22.0. The fourth-order valence-corrected chi connectivity index (χ4v) is 8.20. The highest BCUT2D eigenvalue weighted by Crippen LogP contribution is 2.36. The average Bonchev–Trinajstić information content (AvgIpc) is 2.58. The Morgan fingerprint density at radius 1 is 0.885 bits per heavy atom. The van der Waals surface area contributed by atoms with E-state index in [2.05, 4.69) is 69.3 Å². The van der Waals surface area contributed by atoms with Crippen molar-refractivity contribution in [3.05, 3.63) is 60.7 Å². The Bertz CT molecular complexity index is 611. The van der Waals surface area contributed by atoms with E-state index in [0.717, 1.165) is 0 Å². The molecular weight excluding hydrogens is 340 g/mol. The highest BCUT2D eigenvalue weighted by molar-refractivity contribution is 6.99. The van der Waals surface area contributed by atoms with E-state index >= 15 is 0 Å². The summed E-state index contributed by atoms with van der Waals surface area (Å²) in [5.74, 6) is 0. The molecule has 0 aliphatic rings. The summed E-state index contributed by atoms with van der Waals surface area (Å²) in [6.07, 6.45) is -0.148. The lowest BCUT2D eigenvalue weighted by atomic mass is 10.1. The van der Waals surface area contributed by atoms with Crippen LogP contribution in [0.15, 0.2) is 60.7 Å². The number of rotatable bonds is 8. The Balaban J connectivity index is 2.38. The van der Waals surface area contributed by atoms with Gasteiger partial charge in [-0.05, 0) is 35.2 Å². The molecule has 0 bridgehead atoms. The normalized spacial score (nSPS) is 14.8. The number of aliphatic hydroxyl groups excluding tert-OH is 2. The van der Waals surface area contributed by atoms with Crippen molar-refractivity contribution in [1.82, 2.24) is 0 Å². The van der Waals surface area contributed by atoms with Crippen molar-refractivity contribution < 1.29 is 14.6 Å². The molecular formula is C22H32O3Si. The lowest BCUT2D eigenvalue weighted by Crippen LogP contribution is -2.66. The van der Waals surface area contributed by atoms with Crippen LogP contribution in [0.2, 0.25) is 5.04 Å². The van der Waals surface area contributed by atoms with Gasteiger partial charge in [0.2, 0.25) is 0 Å². The van der Waals surface area contributed by atoms with Crippen LogP contribution in [-0.2, 0) is 4.43 Å². The monoisotopic (exact) mass is 372 g/mol. The maximum atomic E-state index is 10.1.